The normalized spacial score (nSPS) is 27.5. The Kier molecular flexibility index (Phi) is 8.76. The zero-order valence-electron chi connectivity index (χ0n) is 15.6. The van der Waals surface area contributed by atoms with Crippen molar-refractivity contribution in [3.8, 4) is 0 Å². The topological polar surface area (TPSA) is 56.3 Å². The van der Waals surface area contributed by atoms with Crippen molar-refractivity contribution in [3.63, 3.8) is 0 Å². The fourth-order valence-corrected chi connectivity index (χ4v) is 3.12. The number of ether oxygens (including phenoxy) is 4. The van der Waals surface area contributed by atoms with E-state index in [0.717, 1.165) is 50.7 Å². The maximum Gasteiger partial charge on any atom is 0.0701 e. The summed E-state index contributed by atoms with van der Waals surface area (Å²) in [4.78, 5) is 9.55. The van der Waals surface area contributed by atoms with E-state index in [2.05, 4.69) is 28.0 Å². The first-order valence-electron chi connectivity index (χ1n) is 9.61. The molecule has 0 fully saturated rings. The quantitative estimate of drug-likeness (QED) is 0.673. The average Bonchev–Trinajstić information content (AvgIpc) is 2.65. The van der Waals surface area contributed by atoms with Gasteiger partial charge in [0.15, 0.2) is 0 Å². The van der Waals surface area contributed by atoms with Crippen LogP contribution < -0.4 is 0 Å². The Hall–Kier alpha value is -1.09. The molecule has 0 saturated carbocycles. The van der Waals surface area contributed by atoms with Crippen LogP contribution in [0.25, 0.3) is 0 Å². The molecule has 146 valence electrons. The van der Waals surface area contributed by atoms with Gasteiger partial charge < -0.3 is 18.9 Å². The first-order valence-corrected chi connectivity index (χ1v) is 9.61. The SMILES string of the molecule is c1cc2nc(c1)CN1CCOCCOCCN(CCOCCOCC1)C2. The van der Waals surface area contributed by atoms with Gasteiger partial charge in [-0.05, 0) is 12.1 Å². The van der Waals surface area contributed by atoms with Gasteiger partial charge in [-0.3, -0.25) is 14.8 Å². The Morgan fingerprint density at radius 1 is 0.577 bits per heavy atom. The van der Waals surface area contributed by atoms with Crippen LogP contribution in [0.5, 0.6) is 0 Å². The van der Waals surface area contributed by atoms with E-state index >= 15 is 0 Å². The van der Waals surface area contributed by atoms with Gasteiger partial charge in [0.1, 0.15) is 0 Å². The van der Waals surface area contributed by atoms with E-state index in [1.54, 1.807) is 0 Å². The minimum atomic E-state index is 0.638. The minimum absolute atomic E-state index is 0.638. The summed E-state index contributed by atoms with van der Waals surface area (Å²) in [5.41, 5.74) is 2.19. The molecule has 3 rings (SSSR count). The Morgan fingerprint density at radius 2 is 0.962 bits per heavy atom. The second-order valence-corrected chi connectivity index (χ2v) is 6.62. The summed E-state index contributed by atoms with van der Waals surface area (Å²) < 4.78 is 22.9. The van der Waals surface area contributed by atoms with Crippen LogP contribution >= 0.6 is 0 Å². The monoisotopic (exact) mass is 365 g/mol. The largest absolute Gasteiger partial charge is 0.378 e. The molecule has 4 bridgehead atoms. The van der Waals surface area contributed by atoms with E-state index < -0.39 is 0 Å². The number of nitrogens with zero attached hydrogens (tertiary/aromatic N) is 3. The van der Waals surface area contributed by atoms with Crippen LogP contribution in [0.15, 0.2) is 18.2 Å². The van der Waals surface area contributed by atoms with Gasteiger partial charge in [0.25, 0.3) is 0 Å². The highest BCUT2D eigenvalue weighted by Crippen LogP contribution is 2.08. The molecule has 1 aromatic rings. The summed E-state index contributed by atoms with van der Waals surface area (Å²) in [6, 6.07) is 6.31. The number of pyridine rings is 1. The smallest absolute Gasteiger partial charge is 0.0701 e. The summed E-state index contributed by atoms with van der Waals surface area (Å²) in [6.07, 6.45) is 0. The van der Waals surface area contributed by atoms with Gasteiger partial charge in [0.05, 0.1) is 64.2 Å². The molecule has 0 radical (unpaired) electrons. The molecule has 0 amide bonds. The number of hydrogen-bond acceptors (Lipinski definition) is 7. The van der Waals surface area contributed by atoms with Crippen molar-refractivity contribution in [2.45, 2.75) is 13.1 Å². The summed E-state index contributed by atoms with van der Waals surface area (Å²) in [7, 11) is 0. The average molecular weight is 365 g/mol. The lowest BCUT2D eigenvalue weighted by Crippen LogP contribution is -2.32. The summed E-state index contributed by atoms with van der Waals surface area (Å²) in [6.45, 7) is 10.4. The van der Waals surface area contributed by atoms with Gasteiger partial charge in [0.2, 0.25) is 0 Å². The predicted octanol–water partition coefficient (Wildman–Crippen LogP) is 0.779. The highest BCUT2D eigenvalue weighted by atomic mass is 16.5. The minimum Gasteiger partial charge on any atom is -0.378 e. The fourth-order valence-electron chi connectivity index (χ4n) is 3.12. The second kappa shape index (κ2) is 11.6. The number of rotatable bonds is 0. The number of aromatic nitrogens is 1. The van der Waals surface area contributed by atoms with Crippen LogP contribution in [-0.4, -0.2) is 93.8 Å². The van der Waals surface area contributed by atoms with Gasteiger partial charge in [-0.15, -0.1) is 0 Å². The molecular weight excluding hydrogens is 334 g/mol. The van der Waals surface area contributed by atoms with Crippen LogP contribution in [-0.2, 0) is 32.0 Å². The molecule has 0 aromatic carbocycles. The lowest BCUT2D eigenvalue weighted by atomic mass is 10.2. The van der Waals surface area contributed by atoms with E-state index in [-0.39, 0.29) is 0 Å². The zero-order valence-corrected chi connectivity index (χ0v) is 15.6. The van der Waals surface area contributed by atoms with Gasteiger partial charge in [0, 0.05) is 39.3 Å². The molecule has 7 nitrogen and oxygen atoms in total. The van der Waals surface area contributed by atoms with Crippen LogP contribution in [0.1, 0.15) is 11.4 Å². The Labute approximate surface area is 156 Å². The summed E-state index contributed by atoms with van der Waals surface area (Å²) >= 11 is 0. The number of hydrogen-bond donors (Lipinski definition) is 0. The van der Waals surface area contributed by atoms with Crippen molar-refractivity contribution in [2.75, 3.05) is 79.0 Å². The molecule has 0 atom stereocenters. The van der Waals surface area contributed by atoms with E-state index in [4.69, 9.17) is 23.9 Å². The van der Waals surface area contributed by atoms with Crippen molar-refractivity contribution in [3.05, 3.63) is 29.6 Å². The van der Waals surface area contributed by atoms with E-state index in [0.29, 0.717) is 52.9 Å². The fraction of sp³-hybridized carbons (Fsp3) is 0.737. The molecule has 1 aromatic heterocycles. The first kappa shape index (κ1) is 19.7. The Morgan fingerprint density at radius 3 is 1.35 bits per heavy atom. The van der Waals surface area contributed by atoms with Gasteiger partial charge >= 0.3 is 0 Å². The van der Waals surface area contributed by atoms with Crippen LogP contribution in [0.3, 0.4) is 0 Å². The van der Waals surface area contributed by atoms with Crippen molar-refractivity contribution in [1.29, 1.82) is 0 Å². The summed E-state index contributed by atoms with van der Waals surface area (Å²) in [5, 5.41) is 0. The van der Waals surface area contributed by atoms with Gasteiger partial charge in [-0.25, -0.2) is 0 Å². The van der Waals surface area contributed by atoms with Crippen LogP contribution in [0.2, 0.25) is 0 Å². The highest BCUT2D eigenvalue weighted by molar-refractivity contribution is 5.11. The molecule has 0 N–H and O–H groups in total. The second-order valence-electron chi connectivity index (χ2n) is 6.62. The molecule has 0 saturated heterocycles. The lowest BCUT2D eigenvalue weighted by Gasteiger charge is -2.22. The van der Waals surface area contributed by atoms with Crippen LogP contribution in [0, 0.1) is 0 Å². The molecule has 3 heterocycles. The van der Waals surface area contributed by atoms with Crippen molar-refractivity contribution in [2.24, 2.45) is 0 Å². The molecular formula is C19H31N3O4. The third-order valence-electron chi connectivity index (χ3n) is 4.59. The predicted molar refractivity (Wildman–Crippen MR) is 98.1 cm³/mol. The van der Waals surface area contributed by atoms with Crippen LogP contribution in [0.4, 0.5) is 0 Å². The third-order valence-corrected chi connectivity index (χ3v) is 4.59. The molecule has 2 aliphatic rings. The lowest BCUT2D eigenvalue weighted by molar-refractivity contribution is 0.00664. The Bertz CT molecular complexity index is 456. The highest BCUT2D eigenvalue weighted by Gasteiger charge is 2.12. The molecule has 26 heavy (non-hydrogen) atoms. The van der Waals surface area contributed by atoms with Crippen molar-refractivity contribution in [1.82, 2.24) is 14.8 Å². The maximum atomic E-state index is 5.73. The Balaban J connectivity index is 1.76. The molecule has 2 aliphatic heterocycles. The maximum absolute atomic E-state index is 5.73. The van der Waals surface area contributed by atoms with E-state index in [1.165, 1.54) is 0 Å². The zero-order chi connectivity index (χ0) is 17.9. The molecule has 0 aliphatic carbocycles. The molecule has 7 heteroatoms. The van der Waals surface area contributed by atoms with Gasteiger partial charge in [-0.1, -0.05) is 6.07 Å². The van der Waals surface area contributed by atoms with E-state index in [1.807, 2.05) is 0 Å². The van der Waals surface area contributed by atoms with E-state index in [9.17, 15) is 0 Å². The van der Waals surface area contributed by atoms with Crippen molar-refractivity contribution < 1.29 is 18.9 Å². The van der Waals surface area contributed by atoms with Crippen molar-refractivity contribution >= 4 is 0 Å². The molecule has 0 spiro atoms. The van der Waals surface area contributed by atoms with Gasteiger partial charge in [-0.2, -0.15) is 0 Å². The summed E-state index contributed by atoms with van der Waals surface area (Å²) in [5.74, 6) is 0. The number of fused-ring (bicyclic) bond motifs is 2. The first-order chi connectivity index (χ1) is 12.9. The standard InChI is InChI=1S/C19H31N3O4/c1-2-18-16-21-4-8-23-12-14-25-10-6-22(17-19(3-1)20-18)7-11-26-15-13-24-9-5-21/h1-3H,4-17H2. The molecule has 0 unspecified atom stereocenters. The third kappa shape index (κ3) is 7.26.